The van der Waals surface area contributed by atoms with Crippen LogP contribution in [0.2, 0.25) is 0 Å². The molecule has 1 rings (SSSR count). The van der Waals surface area contributed by atoms with E-state index < -0.39 is 0 Å². The summed E-state index contributed by atoms with van der Waals surface area (Å²) < 4.78 is 0. The second kappa shape index (κ2) is 8.97. The molecule has 1 N–H and O–H groups in total. The van der Waals surface area contributed by atoms with Gasteiger partial charge in [0.1, 0.15) is 0 Å². The molecule has 0 saturated heterocycles. The summed E-state index contributed by atoms with van der Waals surface area (Å²) in [6.07, 6.45) is 8.05. The van der Waals surface area contributed by atoms with Gasteiger partial charge in [0.25, 0.3) is 0 Å². The molecule has 3 unspecified atom stereocenters. The second-order valence-corrected chi connectivity index (χ2v) is 6.78. The van der Waals surface area contributed by atoms with Crippen molar-refractivity contribution < 1.29 is 0 Å². The van der Waals surface area contributed by atoms with Crippen molar-refractivity contribution in [3.05, 3.63) is 0 Å². The van der Waals surface area contributed by atoms with Gasteiger partial charge in [0.15, 0.2) is 0 Å². The van der Waals surface area contributed by atoms with Gasteiger partial charge in [-0.15, -0.1) is 0 Å². The number of likely N-dealkylation sites (N-methyl/N-ethyl adjacent to an activating group) is 1. The molecule has 0 amide bonds. The van der Waals surface area contributed by atoms with E-state index in [1.807, 2.05) is 0 Å². The standard InChI is InChI=1S/C17H36N2/c1-6-8-12-19(5)17-13-15(14(3)4)9-10-16(17)18-11-7-2/h14-18H,6-13H2,1-5H3. The van der Waals surface area contributed by atoms with E-state index in [0.29, 0.717) is 0 Å². The highest BCUT2D eigenvalue weighted by atomic mass is 15.2. The van der Waals surface area contributed by atoms with Gasteiger partial charge >= 0.3 is 0 Å². The van der Waals surface area contributed by atoms with Crippen LogP contribution >= 0.6 is 0 Å². The van der Waals surface area contributed by atoms with Gasteiger partial charge in [-0.05, 0) is 64.1 Å². The van der Waals surface area contributed by atoms with E-state index in [1.54, 1.807) is 0 Å². The molecular formula is C17H36N2. The molecule has 1 aliphatic carbocycles. The van der Waals surface area contributed by atoms with E-state index in [4.69, 9.17) is 0 Å². The highest BCUT2D eigenvalue weighted by molar-refractivity contribution is 4.91. The van der Waals surface area contributed by atoms with Crippen LogP contribution in [0.1, 0.15) is 66.2 Å². The maximum Gasteiger partial charge on any atom is 0.0249 e. The van der Waals surface area contributed by atoms with Gasteiger partial charge < -0.3 is 10.2 Å². The zero-order chi connectivity index (χ0) is 14.3. The summed E-state index contributed by atoms with van der Waals surface area (Å²) in [6, 6.07) is 1.47. The quantitative estimate of drug-likeness (QED) is 0.718. The van der Waals surface area contributed by atoms with Gasteiger partial charge in [0.2, 0.25) is 0 Å². The van der Waals surface area contributed by atoms with E-state index in [1.165, 1.54) is 51.6 Å². The third-order valence-corrected chi connectivity index (χ3v) is 4.89. The molecule has 0 aromatic rings. The lowest BCUT2D eigenvalue weighted by molar-refractivity contribution is 0.101. The van der Waals surface area contributed by atoms with Crippen LogP contribution in [0.3, 0.4) is 0 Å². The Bertz CT molecular complexity index is 227. The summed E-state index contributed by atoms with van der Waals surface area (Å²) in [5, 5.41) is 3.80. The summed E-state index contributed by atoms with van der Waals surface area (Å²) in [6.45, 7) is 11.8. The SMILES string of the molecule is CCCCN(C)C1CC(C(C)C)CCC1NCCC. The largest absolute Gasteiger partial charge is 0.312 e. The monoisotopic (exact) mass is 268 g/mol. The Morgan fingerprint density at radius 3 is 2.47 bits per heavy atom. The van der Waals surface area contributed by atoms with Crippen molar-refractivity contribution in [1.29, 1.82) is 0 Å². The van der Waals surface area contributed by atoms with Crippen LogP contribution in [0.15, 0.2) is 0 Å². The molecule has 1 fully saturated rings. The molecule has 0 spiro atoms. The van der Waals surface area contributed by atoms with Gasteiger partial charge in [-0.25, -0.2) is 0 Å². The minimum absolute atomic E-state index is 0.719. The fourth-order valence-corrected chi connectivity index (χ4v) is 3.41. The molecule has 0 bridgehead atoms. The average molecular weight is 268 g/mol. The molecule has 1 aliphatic rings. The lowest BCUT2D eigenvalue weighted by Crippen LogP contribution is -2.53. The van der Waals surface area contributed by atoms with E-state index >= 15 is 0 Å². The van der Waals surface area contributed by atoms with Gasteiger partial charge in [-0.1, -0.05) is 34.1 Å². The minimum Gasteiger partial charge on any atom is -0.312 e. The van der Waals surface area contributed by atoms with E-state index in [0.717, 1.165) is 23.9 Å². The van der Waals surface area contributed by atoms with Crippen LogP contribution in [0.5, 0.6) is 0 Å². The summed E-state index contributed by atoms with van der Waals surface area (Å²) in [7, 11) is 2.34. The van der Waals surface area contributed by atoms with Crippen LogP contribution in [-0.4, -0.2) is 37.1 Å². The number of nitrogens with one attached hydrogen (secondary N) is 1. The van der Waals surface area contributed by atoms with Crippen molar-refractivity contribution in [3.8, 4) is 0 Å². The van der Waals surface area contributed by atoms with Crippen molar-refractivity contribution in [2.24, 2.45) is 11.8 Å². The van der Waals surface area contributed by atoms with Crippen molar-refractivity contribution >= 4 is 0 Å². The zero-order valence-electron chi connectivity index (χ0n) is 13.9. The normalized spacial score (nSPS) is 28.3. The molecule has 0 aromatic heterocycles. The molecule has 0 heterocycles. The van der Waals surface area contributed by atoms with Gasteiger partial charge in [0, 0.05) is 12.1 Å². The summed E-state index contributed by atoms with van der Waals surface area (Å²) in [5.41, 5.74) is 0. The van der Waals surface area contributed by atoms with Crippen molar-refractivity contribution in [3.63, 3.8) is 0 Å². The van der Waals surface area contributed by atoms with Gasteiger partial charge in [-0.2, -0.15) is 0 Å². The molecule has 114 valence electrons. The summed E-state index contributed by atoms with van der Waals surface area (Å²) in [4.78, 5) is 2.63. The highest BCUT2D eigenvalue weighted by Crippen LogP contribution is 2.32. The maximum absolute atomic E-state index is 3.80. The van der Waals surface area contributed by atoms with Crippen LogP contribution in [0.4, 0.5) is 0 Å². The van der Waals surface area contributed by atoms with Crippen LogP contribution in [0.25, 0.3) is 0 Å². The lowest BCUT2D eigenvalue weighted by atomic mass is 9.76. The predicted octanol–water partition coefficient (Wildman–Crippen LogP) is 3.91. The first-order valence-corrected chi connectivity index (χ1v) is 8.53. The van der Waals surface area contributed by atoms with Gasteiger partial charge in [0.05, 0.1) is 0 Å². The predicted molar refractivity (Wildman–Crippen MR) is 85.6 cm³/mol. The third kappa shape index (κ3) is 5.43. The maximum atomic E-state index is 3.80. The Hall–Kier alpha value is -0.0800. The second-order valence-electron chi connectivity index (χ2n) is 6.78. The zero-order valence-corrected chi connectivity index (χ0v) is 13.9. The molecule has 0 aliphatic heterocycles. The molecule has 0 aromatic carbocycles. The first kappa shape index (κ1) is 17.0. The average Bonchev–Trinajstić information content (AvgIpc) is 2.42. The molecule has 2 nitrogen and oxygen atoms in total. The Morgan fingerprint density at radius 1 is 1.16 bits per heavy atom. The topological polar surface area (TPSA) is 15.3 Å². The Morgan fingerprint density at radius 2 is 1.89 bits per heavy atom. The van der Waals surface area contributed by atoms with Gasteiger partial charge in [-0.3, -0.25) is 0 Å². The molecule has 19 heavy (non-hydrogen) atoms. The first-order valence-electron chi connectivity index (χ1n) is 8.53. The van der Waals surface area contributed by atoms with Crippen LogP contribution < -0.4 is 5.32 Å². The number of unbranched alkanes of at least 4 members (excludes halogenated alkanes) is 1. The fraction of sp³-hybridized carbons (Fsp3) is 1.00. The van der Waals surface area contributed by atoms with Crippen molar-refractivity contribution in [1.82, 2.24) is 10.2 Å². The minimum atomic E-state index is 0.719. The highest BCUT2D eigenvalue weighted by Gasteiger charge is 2.33. The Kier molecular flexibility index (Phi) is 8.01. The lowest BCUT2D eigenvalue weighted by Gasteiger charge is -2.43. The third-order valence-electron chi connectivity index (χ3n) is 4.89. The van der Waals surface area contributed by atoms with E-state index in [-0.39, 0.29) is 0 Å². The molecule has 3 atom stereocenters. The smallest absolute Gasteiger partial charge is 0.0249 e. The van der Waals surface area contributed by atoms with Crippen LogP contribution in [-0.2, 0) is 0 Å². The molecule has 2 heteroatoms. The summed E-state index contributed by atoms with van der Waals surface area (Å²) >= 11 is 0. The number of hydrogen-bond acceptors (Lipinski definition) is 2. The number of nitrogens with zero attached hydrogens (tertiary/aromatic N) is 1. The molecule has 0 radical (unpaired) electrons. The Balaban J connectivity index is 2.58. The summed E-state index contributed by atoms with van der Waals surface area (Å²) in [5.74, 6) is 1.77. The number of hydrogen-bond donors (Lipinski definition) is 1. The molecular weight excluding hydrogens is 232 g/mol. The first-order chi connectivity index (χ1) is 9.10. The van der Waals surface area contributed by atoms with E-state index in [2.05, 4.69) is 45.0 Å². The number of rotatable bonds is 8. The van der Waals surface area contributed by atoms with E-state index in [9.17, 15) is 0 Å². The van der Waals surface area contributed by atoms with Crippen LogP contribution in [0, 0.1) is 11.8 Å². The van der Waals surface area contributed by atoms with Crippen molar-refractivity contribution in [2.75, 3.05) is 20.1 Å². The van der Waals surface area contributed by atoms with Crippen molar-refractivity contribution in [2.45, 2.75) is 78.3 Å². The Labute approximate surface area is 121 Å². The molecule has 1 saturated carbocycles. The fourth-order valence-electron chi connectivity index (χ4n) is 3.41.